The molecular formula is C10H11F2NO4S. The van der Waals surface area contributed by atoms with Crippen molar-refractivity contribution in [3.63, 3.8) is 0 Å². The number of nitrogens with zero attached hydrogens (tertiary/aromatic N) is 1. The Hall–Kier alpha value is -1.54. The lowest BCUT2D eigenvalue weighted by molar-refractivity contribution is 0.0697. The van der Waals surface area contributed by atoms with Crippen molar-refractivity contribution in [1.29, 1.82) is 0 Å². The van der Waals surface area contributed by atoms with Gasteiger partial charge in [0.1, 0.15) is 0 Å². The molecule has 0 amide bonds. The van der Waals surface area contributed by atoms with E-state index in [1.54, 1.807) is 0 Å². The predicted octanol–water partition coefficient (Wildman–Crippen LogP) is 1.37. The van der Waals surface area contributed by atoms with Crippen molar-refractivity contribution in [2.45, 2.75) is 12.3 Å². The SMILES string of the molecule is CN(Cc1ccc(C(=O)O)cc1)S(=O)(=O)C(F)F. The van der Waals surface area contributed by atoms with Gasteiger partial charge < -0.3 is 5.11 Å². The highest BCUT2D eigenvalue weighted by Crippen LogP contribution is 2.14. The third kappa shape index (κ3) is 3.23. The first-order chi connectivity index (χ1) is 8.25. The van der Waals surface area contributed by atoms with Gasteiger partial charge in [-0.05, 0) is 17.7 Å². The molecule has 0 aliphatic heterocycles. The molecule has 0 aromatic heterocycles. The molecule has 0 atom stereocenters. The number of alkyl halides is 2. The maximum Gasteiger partial charge on any atom is 0.350 e. The lowest BCUT2D eigenvalue weighted by atomic mass is 10.1. The molecule has 8 heteroatoms. The van der Waals surface area contributed by atoms with Crippen molar-refractivity contribution in [1.82, 2.24) is 4.31 Å². The fourth-order valence-electron chi connectivity index (χ4n) is 1.24. The third-order valence-electron chi connectivity index (χ3n) is 2.27. The maximum atomic E-state index is 12.2. The second-order valence-electron chi connectivity index (χ2n) is 3.56. The predicted molar refractivity (Wildman–Crippen MR) is 59.8 cm³/mol. The molecule has 0 saturated heterocycles. The number of rotatable bonds is 5. The Labute approximate surface area is 103 Å². The molecule has 1 rings (SSSR count). The van der Waals surface area contributed by atoms with Crippen LogP contribution in [0.15, 0.2) is 24.3 Å². The number of hydrogen-bond acceptors (Lipinski definition) is 3. The van der Waals surface area contributed by atoms with Crippen molar-refractivity contribution < 1.29 is 27.1 Å². The first-order valence-electron chi connectivity index (χ1n) is 4.80. The molecule has 0 heterocycles. The van der Waals surface area contributed by atoms with Gasteiger partial charge in [-0.25, -0.2) is 13.2 Å². The van der Waals surface area contributed by atoms with Crippen molar-refractivity contribution in [2.75, 3.05) is 7.05 Å². The standard InChI is InChI=1S/C10H11F2NO4S/c1-13(18(16,17)10(11)12)6-7-2-4-8(5-3-7)9(14)15/h2-5,10H,6H2,1H3,(H,14,15). The molecule has 1 N–H and O–H groups in total. The molecular weight excluding hydrogens is 268 g/mol. The molecule has 1 aromatic carbocycles. The highest BCUT2D eigenvalue weighted by Gasteiger charge is 2.29. The van der Waals surface area contributed by atoms with Gasteiger partial charge in [-0.1, -0.05) is 12.1 Å². The summed E-state index contributed by atoms with van der Waals surface area (Å²) in [5.74, 6) is -4.59. The molecule has 100 valence electrons. The van der Waals surface area contributed by atoms with Crippen LogP contribution in [0.3, 0.4) is 0 Å². The van der Waals surface area contributed by atoms with Gasteiger partial charge in [0.2, 0.25) is 0 Å². The summed E-state index contributed by atoms with van der Waals surface area (Å²) in [7, 11) is -3.58. The molecule has 5 nitrogen and oxygen atoms in total. The normalized spacial score (nSPS) is 12.1. The molecule has 18 heavy (non-hydrogen) atoms. The second-order valence-corrected chi connectivity index (χ2v) is 5.57. The van der Waals surface area contributed by atoms with Gasteiger partial charge in [-0.3, -0.25) is 0 Å². The average Bonchev–Trinajstić information content (AvgIpc) is 2.29. The van der Waals surface area contributed by atoms with E-state index in [1.807, 2.05) is 0 Å². The minimum atomic E-state index is -4.62. The van der Waals surface area contributed by atoms with Crippen LogP contribution in [0.4, 0.5) is 8.78 Å². The smallest absolute Gasteiger partial charge is 0.350 e. The zero-order chi connectivity index (χ0) is 13.9. The van der Waals surface area contributed by atoms with Gasteiger partial charge in [0.15, 0.2) is 0 Å². The van der Waals surface area contributed by atoms with Crippen LogP contribution >= 0.6 is 0 Å². The van der Waals surface area contributed by atoms with E-state index in [1.165, 1.54) is 24.3 Å². The average molecular weight is 279 g/mol. The van der Waals surface area contributed by atoms with Gasteiger partial charge in [-0.2, -0.15) is 13.1 Å². The Bertz CT molecular complexity index is 527. The number of aromatic carboxylic acids is 1. The van der Waals surface area contributed by atoms with E-state index in [9.17, 15) is 22.0 Å². The van der Waals surface area contributed by atoms with Gasteiger partial charge in [0, 0.05) is 13.6 Å². The first-order valence-corrected chi connectivity index (χ1v) is 6.31. The zero-order valence-corrected chi connectivity index (χ0v) is 10.2. The van der Waals surface area contributed by atoms with Gasteiger partial charge in [0.05, 0.1) is 5.56 Å². The fourth-order valence-corrected chi connectivity index (χ4v) is 1.84. The lowest BCUT2D eigenvalue weighted by Gasteiger charge is -2.16. The van der Waals surface area contributed by atoms with Crippen molar-refractivity contribution in [3.8, 4) is 0 Å². The summed E-state index contributed by atoms with van der Waals surface area (Å²) in [6, 6.07) is 5.31. The first kappa shape index (κ1) is 14.5. The Morgan fingerprint density at radius 1 is 1.33 bits per heavy atom. The zero-order valence-electron chi connectivity index (χ0n) is 9.38. The summed E-state index contributed by atoms with van der Waals surface area (Å²) in [4.78, 5) is 10.6. The lowest BCUT2D eigenvalue weighted by Crippen LogP contribution is -2.31. The van der Waals surface area contributed by atoms with Crippen LogP contribution in [0.1, 0.15) is 15.9 Å². The minimum Gasteiger partial charge on any atom is -0.478 e. The van der Waals surface area contributed by atoms with Crippen LogP contribution < -0.4 is 0 Å². The molecule has 0 saturated carbocycles. The Balaban J connectivity index is 2.83. The van der Waals surface area contributed by atoms with E-state index in [0.717, 1.165) is 7.05 Å². The topological polar surface area (TPSA) is 74.7 Å². The highest BCUT2D eigenvalue weighted by molar-refractivity contribution is 7.89. The molecule has 0 unspecified atom stereocenters. The van der Waals surface area contributed by atoms with Gasteiger partial charge in [0.25, 0.3) is 10.0 Å². The Morgan fingerprint density at radius 3 is 2.22 bits per heavy atom. The minimum absolute atomic E-state index is 0.0399. The second kappa shape index (κ2) is 5.40. The van der Waals surface area contributed by atoms with Crippen molar-refractivity contribution in [2.24, 2.45) is 0 Å². The van der Waals surface area contributed by atoms with Crippen LogP contribution in [-0.2, 0) is 16.6 Å². The monoisotopic (exact) mass is 279 g/mol. The number of sulfonamides is 1. The van der Waals surface area contributed by atoms with E-state index in [-0.39, 0.29) is 12.1 Å². The molecule has 0 aliphatic carbocycles. The number of halogens is 2. The van der Waals surface area contributed by atoms with E-state index >= 15 is 0 Å². The highest BCUT2D eigenvalue weighted by atomic mass is 32.2. The largest absolute Gasteiger partial charge is 0.478 e. The van der Waals surface area contributed by atoms with Crippen LogP contribution in [0.2, 0.25) is 0 Å². The number of carbonyl (C=O) groups is 1. The molecule has 0 bridgehead atoms. The van der Waals surface area contributed by atoms with E-state index in [2.05, 4.69) is 0 Å². The van der Waals surface area contributed by atoms with Gasteiger partial charge >= 0.3 is 11.7 Å². The van der Waals surface area contributed by atoms with Crippen LogP contribution in [0.5, 0.6) is 0 Å². The molecule has 0 aliphatic rings. The van der Waals surface area contributed by atoms with Crippen LogP contribution in [0, 0.1) is 0 Å². The Morgan fingerprint density at radius 2 is 1.83 bits per heavy atom. The molecule has 0 radical (unpaired) electrons. The van der Waals surface area contributed by atoms with E-state index < -0.39 is 21.8 Å². The molecule has 1 aromatic rings. The number of carboxylic acid groups (broad SMARTS) is 1. The summed E-state index contributed by atoms with van der Waals surface area (Å²) in [5.41, 5.74) is 0.463. The maximum absolute atomic E-state index is 12.2. The number of carboxylic acids is 1. The summed E-state index contributed by atoms with van der Waals surface area (Å²) in [5, 5.41) is 8.65. The number of benzene rings is 1. The van der Waals surface area contributed by atoms with Crippen LogP contribution in [-0.4, -0.2) is 36.6 Å². The summed E-state index contributed by atoms with van der Waals surface area (Å²) >= 11 is 0. The van der Waals surface area contributed by atoms with Crippen molar-refractivity contribution >= 4 is 16.0 Å². The summed E-state index contributed by atoms with van der Waals surface area (Å²) < 4.78 is 47.2. The fraction of sp³-hybridized carbons (Fsp3) is 0.300. The van der Waals surface area contributed by atoms with E-state index in [4.69, 9.17) is 5.11 Å². The number of hydrogen-bond donors (Lipinski definition) is 1. The molecule has 0 spiro atoms. The quantitative estimate of drug-likeness (QED) is 0.883. The Kier molecular flexibility index (Phi) is 4.36. The summed E-state index contributed by atoms with van der Waals surface area (Å²) in [6.07, 6.45) is 0. The van der Waals surface area contributed by atoms with Crippen LogP contribution in [0.25, 0.3) is 0 Å². The third-order valence-corrected chi connectivity index (χ3v) is 3.71. The van der Waals surface area contributed by atoms with Gasteiger partial charge in [-0.15, -0.1) is 0 Å². The molecule has 0 fully saturated rings. The summed E-state index contributed by atoms with van der Waals surface area (Å²) in [6.45, 7) is -0.243. The van der Waals surface area contributed by atoms with E-state index in [0.29, 0.717) is 9.87 Å². The van der Waals surface area contributed by atoms with Crippen molar-refractivity contribution in [3.05, 3.63) is 35.4 Å².